The lowest BCUT2D eigenvalue weighted by Crippen LogP contribution is -2.30. The Bertz CT molecular complexity index is 1870. The molecule has 1 atom stereocenters. The van der Waals surface area contributed by atoms with E-state index >= 15 is 0 Å². The predicted molar refractivity (Wildman–Crippen MR) is 192 cm³/mol. The number of thioether (sulfide) groups is 1. The number of rotatable bonds is 12. The molecule has 5 rings (SSSR count). The van der Waals surface area contributed by atoms with Crippen LogP contribution in [0.1, 0.15) is 33.7 Å². The second-order valence-electron chi connectivity index (χ2n) is 10.2. The van der Waals surface area contributed by atoms with E-state index in [-0.39, 0.29) is 11.6 Å². The summed E-state index contributed by atoms with van der Waals surface area (Å²) in [6, 6.07) is 40.2. The fourth-order valence-corrected chi connectivity index (χ4v) is 6.01. The highest BCUT2D eigenvalue weighted by molar-refractivity contribution is 9.10. The molecule has 5 aromatic rings. The first-order valence-electron chi connectivity index (χ1n) is 14.9. The van der Waals surface area contributed by atoms with Crippen LogP contribution >= 0.6 is 27.7 Å². The highest BCUT2D eigenvalue weighted by atomic mass is 79.9. The summed E-state index contributed by atoms with van der Waals surface area (Å²) in [5, 5.41) is 8.15. The number of amides is 3. The zero-order chi connectivity index (χ0) is 33.0. The van der Waals surface area contributed by atoms with Gasteiger partial charge in [-0.1, -0.05) is 78.9 Å². The first-order valence-corrected chi connectivity index (χ1v) is 16.6. The lowest BCUT2D eigenvalue weighted by molar-refractivity contribution is -0.116. The number of carbonyl (C=O) groups excluding carboxylic acids is 3. The summed E-state index contributed by atoms with van der Waals surface area (Å²) in [4.78, 5) is 41.0. The number of ether oxygens (including phenoxy) is 1. The highest BCUT2D eigenvalue weighted by Gasteiger charge is 2.23. The number of benzene rings is 5. The van der Waals surface area contributed by atoms with Gasteiger partial charge in [0, 0.05) is 26.2 Å². The van der Waals surface area contributed by atoms with Crippen molar-refractivity contribution >= 4 is 62.9 Å². The van der Waals surface area contributed by atoms with E-state index in [9.17, 15) is 14.4 Å². The Balaban J connectivity index is 1.35. The van der Waals surface area contributed by atoms with Crippen molar-refractivity contribution in [3.63, 3.8) is 0 Å². The summed E-state index contributed by atoms with van der Waals surface area (Å²) < 4.78 is 6.53. The van der Waals surface area contributed by atoms with Crippen molar-refractivity contribution in [1.82, 2.24) is 5.32 Å². The van der Waals surface area contributed by atoms with Gasteiger partial charge in [0.15, 0.2) is 0 Å². The topological polar surface area (TPSA) is 96.5 Å². The van der Waals surface area contributed by atoms with E-state index in [1.165, 1.54) is 11.8 Å². The Hall–Kier alpha value is -5.12. The van der Waals surface area contributed by atoms with Crippen LogP contribution in [0.5, 0.6) is 5.75 Å². The number of nitrogens with one attached hydrogen (secondary N) is 3. The van der Waals surface area contributed by atoms with Gasteiger partial charge in [-0.25, -0.2) is 0 Å². The van der Waals surface area contributed by atoms with E-state index in [2.05, 4.69) is 31.9 Å². The first kappa shape index (κ1) is 33.2. The summed E-state index contributed by atoms with van der Waals surface area (Å²) in [6.45, 7) is 2.33. The average molecular weight is 707 g/mol. The van der Waals surface area contributed by atoms with E-state index in [0.717, 1.165) is 14.9 Å². The second-order valence-corrected chi connectivity index (χ2v) is 12.2. The minimum Gasteiger partial charge on any atom is -0.493 e. The maximum Gasteiger partial charge on any atom is 0.272 e. The van der Waals surface area contributed by atoms with Gasteiger partial charge in [0.2, 0.25) is 5.91 Å². The monoisotopic (exact) mass is 705 g/mol. The van der Waals surface area contributed by atoms with Crippen molar-refractivity contribution in [1.29, 1.82) is 0 Å². The summed E-state index contributed by atoms with van der Waals surface area (Å²) in [6.07, 6.45) is 1.60. The molecule has 5 aromatic carbocycles. The number of para-hydroxylation sites is 2. The van der Waals surface area contributed by atoms with Gasteiger partial charge in [-0.3, -0.25) is 14.4 Å². The van der Waals surface area contributed by atoms with Crippen molar-refractivity contribution < 1.29 is 19.1 Å². The Morgan fingerprint density at radius 2 is 1.40 bits per heavy atom. The molecule has 0 spiro atoms. The van der Waals surface area contributed by atoms with Crippen LogP contribution in [0.2, 0.25) is 0 Å². The molecule has 0 aliphatic rings. The fraction of sp³-hybridized carbons (Fsp3) is 0.0789. The maximum absolute atomic E-state index is 13.6. The Morgan fingerprint density at radius 3 is 2.11 bits per heavy atom. The quantitative estimate of drug-likeness (QED) is 0.0891. The first-order chi connectivity index (χ1) is 22.9. The molecule has 3 N–H and O–H groups in total. The van der Waals surface area contributed by atoms with Crippen LogP contribution in [0, 0.1) is 0 Å². The zero-order valence-electron chi connectivity index (χ0n) is 25.5. The van der Waals surface area contributed by atoms with Crippen LogP contribution < -0.4 is 20.7 Å². The highest BCUT2D eigenvalue weighted by Crippen LogP contribution is 2.37. The maximum atomic E-state index is 13.6. The summed E-state index contributed by atoms with van der Waals surface area (Å²) >= 11 is 4.90. The second kappa shape index (κ2) is 16.4. The number of carbonyl (C=O) groups is 3. The molecule has 0 saturated heterocycles. The minimum absolute atomic E-state index is 0.0531. The van der Waals surface area contributed by atoms with Crippen molar-refractivity contribution in [2.75, 3.05) is 17.2 Å². The van der Waals surface area contributed by atoms with E-state index in [1.807, 2.05) is 104 Å². The zero-order valence-corrected chi connectivity index (χ0v) is 27.9. The summed E-state index contributed by atoms with van der Waals surface area (Å²) in [5.74, 6) is -0.495. The van der Waals surface area contributed by atoms with Gasteiger partial charge < -0.3 is 20.7 Å². The molecule has 0 aliphatic heterocycles. The van der Waals surface area contributed by atoms with Gasteiger partial charge in [-0.2, -0.15) is 0 Å². The standard InChI is InChI=1S/C38H32BrN3O4S/c1-2-46-34-20-12-9-17-28(34)25-33(42-36(43)27-15-7-4-8-16-27)37(44)40-29-21-23-30(24-22-29)47-35(26-13-5-3-6-14-26)38(45)41-32-19-11-10-18-31(32)39/h3-25,35H,2H2,1H3,(H,40,44)(H,41,45)(H,42,43)/b33-25-. The van der Waals surface area contributed by atoms with E-state index in [1.54, 1.807) is 42.5 Å². The average Bonchev–Trinajstić information content (AvgIpc) is 3.10. The molecule has 0 bridgehead atoms. The number of halogens is 1. The fourth-order valence-electron chi connectivity index (χ4n) is 4.60. The molecule has 47 heavy (non-hydrogen) atoms. The van der Waals surface area contributed by atoms with E-state index in [4.69, 9.17) is 4.74 Å². The normalized spacial score (nSPS) is 11.7. The lowest BCUT2D eigenvalue weighted by atomic mass is 10.1. The van der Waals surface area contributed by atoms with Crippen molar-refractivity contribution in [2.24, 2.45) is 0 Å². The lowest BCUT2D eigenvalue weighted by Gasteiger charge is -2.18. The number of hydrogen-bond acceptors (Lipinski definition) is 5. The van der Waals surface area contributed by atoms with Crippen molar-refractivity contribution in [2.45, 2.75) is 17.1 Å². The third kappa shape index (κ3) is 9.22. The van der Waals surface area contributed by atoms with Crippen molar-refractivity contribution in [3.05, 3.63) is 160 Å². The van der Waals surface area contributed by atoms with E-state index < -0.39 is 17.1 Å². The van der Waals surface area contributed by atoms with Crippen LogP contribution in [0.3, 0.4) is 0 Å². The van der Waals surface area contributed by atoms with Crippen LogP contribution in [0.4, 0.5) is 11.4 Å². The van der Waals surface area contributed by atoms with Gasteiger partial charge in [-0.05, 0) is 89.1 Å². The number of anilines is 2. The van der Waals surface area contributed by atoms with Gasteiger partial charge in [0.25, 0.3) is 11.8 Å². The minimum atomic E-state index is -0.531. The molecule has 3 amide bonds. The van der Waals surface area contributed by atoms with Gasteiger partial charge in [0.1, 0.15) is 16.7 Å². The van der Waals surface area contributed by atoms with Crippen molar-refractivity contribution in [3.8, 4) is 5.75 Å². The summed E-state index contributed by atoms with van der Waals surface area (Å²) in [5.41, 5.74) is 3.18. The Labute approximate surface area is 286 Å². The van der Waals surface area contributed by atoms with E-state index in [0.29, 0.717) is 34.9 Å². The molecule has 0 saturated carbocycles. The predicted octanol–water partition coefficient (Wildman–Crippen LogP) is 8.73. The molecule has 0 aliphatic carbocycles. The molecule has 0 aromatic heterocycles. The van der Waals surface area contributed by atoms with Crippen LogP contribution in [-0.2, 0) is 9.59 Å². The van der Waals surface area contributed by atoms with Crippen LogP contribution in [-0.4, -0.2) is 24.3 Å². The molecule has 0 fully saturated rings. The Kier molecular flexibility index (Phi) is 11.6. The molecule has 0 heterocycles. The number of hydrogen-bond donors (Lipinski definition) is 3. The largest absolute Gasteiger partial charge is 0.493 e. The molecule has 7 nitrogen and oxygen atoms in total. The third-order valence-electron chi connectivity index (χ3n) is 6.89. The van der Waals surface area contributed by atoms with Crippen LogP contribution in [0.15, 0.2) is 149 Å². The summed E-state index contributed by atoms with van der Waals surface area (Å²) in [7, 11) is 0. The molecule has 9 heteroatoms. The third-order valence-corrected chi connectivity index (χ3v) is 8.84. The molecule has 1 unspecified atom stereocenters. The van der Waals surface area contributed by atoms with Gasteiger partial charge >= 0.3 is 0 Å². The van der Waals surface area contributed by atoms with Gasteiger partial charge in [-0.15, -0.1) is 11.8 Å². The SMILES string of the molecule is CCOc1ccccc1/C=C(\NC(=O)c1ccccc1)C(=O)Nc1ccc(SC(C(=O)Nc2ccccc2Br)c2ccccc2)cc1. The molecular weight excluding hydrogens is 674 g/mol. The van der Waals surface area contributed by atoms with Gasteiger partial charge in [0.05, 0.1) is 12.3 Å². The molecule has 0 radical (unpaired) electrons. The van der Waals surface area contributed by atoms with Crippen LogP contribution in [0.25, 0.3) is 6.08 Å². The smallest absolute Gasteiger partial charge is 0.272 e. The molecule has 236 valence electrons. The Morgan fingerprint density at radius 1 is 0.766 bits per heavy atom. The molecular formula is C38H32BrN3O4S.